The Morgan fingerprint density at radius 2 is 1.76 bits per heavy atom. The van der Waals surface area contributed by atoms with Gasteiger partial charge in [-0.3, -0.25) is 14.4 Å². The van der Waals surface area contributed by atoms with Gasteiger partial charge in [-0.05, 0) is 12.8 Å². The van der Waals surface area contributed by atoms with E-state index in [4.69, 9.17) is 9.84 Å². The minimum atomic E-state index is -0.962. The number of hydrogen-bond acceptors (Lipinski definition) is 4. The van der Waals surface area contributed by atoms with Crippen LogP contribution < -0.4 is 10.6 Å². The third kappa shape index (κ3) is 5.71. The van der Waals surface area contributed by atoms with Crippen molar-refractivity contribution in [3.63, 3.8) is 0 Å². The number of nitrogens with one attached hydrogen (secondary N) is 2. The molecule has 0 aromatic carbocycles. The monoisotopic (exact) mass is 300 g/mol. The molecular formula is C14H24N2O5. The zero-order chi connectivity index (χ0) is 16.1. The fourth-order valence-electron chi connectivity index (χ4n) is 2.16. The maximum Gasteiger partial charge on any atom is 0.305 e. The normalized spacial score (nSPS) is 17.9. The quantitative estimate of drug-likeness (QED) is 0.677. The van der Waals surface area contributed by atoms with Crippen LogP contribution in [0.25, 0.3) is 0 Å². The highest BCUT2D eigenvalue weighted by molar-refractivity contribution is 5.87. The van der Waals surface area contributed by atoms with Crippen molar-refractivity contribution in [2.75, 3.05) is 19.8 Å². The van der Waals surface area contributed by atoms with Gasteiger partial charge in [-0.1, -0.05) is 20.8 Å². The molecule has 21 heavy (non-hydrogen) atoms. The molecule has 0 radical (unpaired) electrons. The molecule has 0 spiro atoms. The van der Waals surface area contributed by atoms with Gasteiger partial charge in [0, 0.05) is 18.6 Å². The highest BCUT2D eigenvalue weighted by Gasteiger charge is 2.36. The molecule has 1 saturated heterocycles. The summed E-state index contributed by atoms with van der Waals surface area (Å²) in [5.41, 5.74) is -1.36. The van der Waals surface area contributed by atoms with E-state index in [1.165, 1.54) is 0 Å². The lowest BCUT2D eigenvalue weighted by atomic mass is 9.86. The average Bonchev–Trinajstić information content (AvgIpc) is 2.34. The summed E-state index contributed by atoms with van der Waals surface area (Å²) >= 11 is 0. The summed E-state index contributed by atoms with van der Waals surface area (Å²) < 4.78 is 5.22. The zero-order valence-corrected chi connectivity index (χ0v) is 12.8. The van der Waals surface area contributed by atoms with Crippen LogP contribution in [0, 0.1) is 5.41 Å². The Bertz CT molecular complexity index is 408. The molecule has 3 N–H and O–H groups in total. The molecule has 2 amide bonds. The van der Waals surface area contributed by atoms with Crippen molar-refractivity contribution in [1.29, 1.82) is 0 Å². The smallest absolute Gasteiger partial charge is 0.305 e. The second kappa shape index (κ2) is 6.89. The van der Waals surface area contributed by atoms with Crippen LogP contribution in [0.4, 0.5) is 0 Å². The lowest BCUT2D eigenvalue weighted by Gasteiger charge is -2.36. The molecule has 0 saturated carbocycles. The molecule has 1 rings (SSSR count). The predicted molar refractivity (Wildman–Crippen MR) is 75.6 cm³/mol. The van der Waals surface area contributed by atoms with Gasteiger partial charge in [0.1, 0.15) is 0 Å². The van der Waals surface area contributed by atoms with Crippen molar-refractivity contribution < 1.29 is 24.2 Å². The van der Waals surface area contributed by atoms with Crippen molar-refractivity contribution in [1.82, 2.24) is 10.6 Å². The number of aliphatic carboxylic acids is 1. The molecule has 1 aliphatic rings. The van der Waals surface area contributed by atoms with Crippen LogP contribution in [0.1, 0.15) is 40.0 Å². The van der Waals surface area contributed by atoms with E-state index >= 15 is 0 Å². The highest BCUT2D eigenvalue weighted by Crippen LogP contribution is 2.24. The van der Waals surface area contributed by atoms with Gasteiger partial charge in [-0.25, -0.2) is 0 Å². The summed E-state index contributed by atoms with van der Waals surface area (Å²) in [7, 11) is 0. The molecular weight excluding hydrogens is 276 g/mol. The van der Waals surface area contributed by atoms with E-state index in [-0.39, 0.29) is 24.8 Å². The molecule has 0 atom stereocenters. The third-order valence-electron chi connectivity index (χ3n) is 3.43. The molecule has 0 aliphatic carbocycles. The maximum absolute atomic E-state index is 12.0. The van der Waals surface area contributed by atoms with Crippen LogP contribution in [0.2, 0.25) is 0 Å². The maximum atomic E-state index is 12.0. The number of carbonyl (C=O) groups excluding carboxylic acids is 2. The lowest BCUT2D eigenvalue weighted by Crippen LogP contribution is -2.55. The Balaban J connectivity index is 2.56. The number of hydrogen-bond donors (Lipinski definition) is 3. The van der Waals surface area contributed by atoms with Crippen molar-refractivity contribution in [2.24, 2.45) is 5.41 Å². The number of rotatable bonds is 5. The molecule has 0 bridgehead atoms. The fraction of sp³-hybridized carbons (Fsp3) is 0.786. The number of carboxylic acids is 1. The molecule has 120 valence electrons. The van der Waals surface area contributed by atoms with E-state index in [0.29, 0.717) is 26.1 Å². The molecule has 7 nitrogen and oxygen atoms in total. The second-order valence-corrected chi connectivity index (χ2v) is 6.44. The largest absolute Gasteiger partial charge is 0.481 e. The fourth-order valence-corrected chi connectivity index (χ4v) is 2.16. The van der Waals surface area contributed by atoms with Gasteiger partial charge in [0.2, 0.25) is 11.8 Å². The first-order valence-corrected chi connectivity index (χ1v) is 7.03. The van der Waals surface area contributed by atoms with Gasteiger partial charge in [-0.15, -0.1) is 0 Å². The third-order valence-corrected chi connectivity index (χ3v) is 3.43. The van der Waals surface area contributed by atoms with Crippen LogP contribution in [-0.4, -0.2) is 48.2 Å². The van der Waals surface area contributed by atoms with E-state index in [9.17, 15) is 14.4 Å². The second-order valence-electron chi connectivity index (χ2n) is 6.44. The van der Waals surface area contributed by atoms with E-state index < -0.39 is 16.9 Å². The number of carbonyl (C=O) groups is 3. The summed E-state index contributed by atoms with van der Waals surface area (Å²) in [6.07, 6.45) is 0.770. The Hall–Kier alpha value is -1.63. The van der Waals surface area contributed by atoms with Gasteiger partial charge in [-0.2, -0.15) is 0 Å². The van der Waals surface area contributed by atoms with Gasteiger partial charge in [0.15, 0.2) is 0 Å². The van der Waals surface area contributed by atoms with Crippen LogP contribution >= 0.6 is 0 Å². The molecule has 1 aliphatic heterocycles. The summed E-state index contributed by atoms with van der Waals surface area (Å²) in [5.74, 6) is -1.57. The Kier molecular flexibility index (Phi) is 5.71. The number of ether oxygens (including phenoxy) is 1. The molecule has 0 aromatic heterocycles. The zero-order valence-electron chi connectivity index (χ0n) is 12.8. The Labute approximate surface area is 124 Å². The molecule has 0 unspecified atom stereocenters. The van der Waals surface area contributed by atoms with Crippen molar-refractivity contribution >= 4 is 17.8 Å². The number of amides is 2. The van der Waals surface area contributed by atoms with Gasteiger partial charge < -0.3 is 20.5 Å². The van der Waals surface area contributed by atoms with E-state index in [1.807, 2.05) is 0 Å². The van der Waals surface area contributed by atoms with E-state index in [2.05, 4.69) is 10.6 Å². The first kappa shape index (κ1) is 17.4. The SMILES string of the molecule is CC(C)(C)C(=O)NCC(=O)NC1(CC(=O)O)CCOCC1. The summed E-state index contributed by atoms with van der Waals surface area (Å²) in [5, 5.41) is 14.3. The van der Waals surface area contributed by atoms with Gasteiger partial charge >= 0.3 is 5.97 Å². The average molecular weight is 300 g/mol. The molecule has 0 aromatic rings. The van der Waals surface area contributed by atoms with Crippen molar-refractivity contribution in [2.45, 2.75) is 45.6 Å². The first-order valence-electron chi connectivity index (χ1n) is 7.03. The topological polar surface area (TPSA) is 105 Å². The van der Waals surface area contributed by atoms with E-state index in [0.717, 1.165) is 0 Å². The van der Waals surface area contributed by atoms with Crippen molar-refractivity contribution in [3.8, 4) is 0 Å². The van der Waals surface area contributed by atoms with Crippen LogP contribution in [0.3, 0.4) is 0 Å². The van der Waals surface area contributed by atoms with Crippen LogP contribution in [-0.2, 0) is 19.1 Å². The van der Waals surface area contributed by atoms with Crippen LogP contribution in [0.15, 0.2) is 0 Å². The summed E-state index contributed by atoms with van der Waals surface area (Å²) in [6, 6.07) is 0. The molecule has 1 heterocycles. The van der Waals surface area contributed by atoms with Gasteiger partial charge in [0.25, 0.3) is 0 Å². The standard InChI is InChI=1S/C14H24N2O5/c1-13(2,3)12(20)15-9-10(17)16-14(8-11(18)19)4-6-21-7-5-14/h4-9H2,1-3H3,(H,15,20)(H,16,17)(H,18,19). The summed E-state index contributed by atoms with van der Waals surface area (Å²) in [4.78, 5) is 34.7. The summed E-state index contributed by atoms with van der Waals surface area (Å²) in [6.45, 7) is 5.95. The lowest BCUT2D eigenvalue weighted by molar-refractivity contribution is -0.141. The molecule has 7 heteroatoms. The van der Waals surface area contributed by atoms with Crippen LogP contribution in [0.5, 0.6) is 0 Å². The Morgan fingerprint density at radius 1 is 1.19 bits per heavy atom. The molecule has 1 fully saturated rings. The predicted octanol–water partition coefficient (Wildman–Crippen LogP) is 0.289. The minimum absolute atomic E-state index is 0.144. The highest BCUT2D eigenvalue weighted by atomic mass is 16.5. The van der Waals surface area contributed by atoms with Gasteiger partial charge in [0.05, 0.1) is 18.5 Å². The minimum Gasteiger partial charge on any atom is -0.481 e. The van der Waals surface area contributed by atoms with Crippen molar-refractivity contribution in [3.05, 3.63) is 0 Å². The van der Waals surface area contributed by atoms with E-state index in [1.54, 1.807) is 20.8 Å². The Morgan fingerprint density at radius 3 is 2.24 bits per heavy atom. The number of carboxylic acid groups (broad SMARTS) is 1. The first-order chi connectivity index (χ1) is 9.65.